The fraction of sp³-hybridized carbons (Fsp3) is 0.694. The Kier molecular flexibility index (Phi) is 39.5. The Balaban J connectivity index is 2.37. The van der Waals surface area contributed by atoms with E-state index >= 15 is 24.0 Å². The van der Waals surface area contributed by atoms with Gasteiger partial charge in [0.25, 0.3) is 5.91 Å². The minimum atomic E-state index is -2.67. The number of amides is 13. The maximum Gasteiger partial charge on any atom is 0.329 e. The number of aliphatic hydroxyl groups excluding tert-OH is 4. The van der Waals surface area contributed by atoms with Crippen molar-refractivity contribution in [2.75, 3.05) is 33.8 Å². The number of methoxy groups -OCH3 is 1. The summed E-state index contributed by atoms with van der Waals surface area (Å²) in [5.41, 5.74) is 39.3. The first-order valence-corrected chi connectivity index (χ1v) is 37.6. The first-order chi connectivity index (χ1) is 52.4. The van der Waals surface area contributed by atoms with E-state index in [-0.39, 0.29) is 106 Å². The van der Waals surface area contributed by atoms with Gasteiger partial charge in [-0.1, -0.05) is 73.9 Å². The Labute approximate surface area is 651 Å². The average Bonchev–Trinajstić information content (AvgIpc) is 0.789. The van der Waals surface area contributed by atoms with Crippen molar-refractivity contribution in [2.24, 2.45) is 85.6 Å². The van der Waals surface area contributed by atoms with Crippen LogP contribution in [0.2, 0.25) is 0 Å². The summed E-state index contributed by atoms with van der Waals surface area (Å²) in [5, 5.41) is 76.3. The lowest BCUT2D eigenvalue weighted by molar-refractivity contribution is -0.165. The summed E-state index contributed by atoms with van der Waals surface area (Å²) in [4.78, 5) is 211. The number of aliphatic imine (C=N–C) groups is 2. The molecule has 2 aliphatic heterocycles. The number of nitrogens with two attached hydrogens (primary N) is 7. The number of cyclic esters (lactones) is 1. The molecular weight excluding hydrogens is 1470 g/mol. The van der Waals surface area contributed by atoms with Crippen LogP contribution in [0.1, 0.15) is 164 Å². The highest BCUT2D eigenvalue weighted by molar-refractivity contribution is 6.00. The molecule has 0 aliphatic carbocycles. The summed E-state index contributed by atoms with van der Waals surface area (Å²) in [6.45, 7) is 14.6. The van der Waals surface area contributed by atoms with Gasteiger partial charge in [-0.2, -0.15) is 0 Å². The van der Waals surface area contributed by atoms with E-state index in [9.17, 15) is 68.7 Å². The van der Waals surface area contributed by atoms with Crippen LogP contribution in [0.5, 0.6) is 5.75 Å². The number of nitrogens with zero attached hydrogens (tertiary/aromatic N) is 4. The second-order valence-electron chi connectivity index (χ2n) is 29.6. The summed E-state index contributed by atoms with van der Waals surface area (Å²) in [6.07, 6.45) is -12.7. The molecule has 21 atom stereocenters. The number of rotatable bonds is 37. The van der Waals surface area contributed by atoms with Gasteiger partial charge in [-0.05, 0) is 119 Å². The molecule has 630 valence electrons. The number of fused-ring (bicyclic) bond motifs is 1. The van der Waals surface area contributed by atoms with Gasteiger partial charge in [0.15, 0.2) is 18.0 Å². The van der Waals surface area contributed by atoms with E-state index < -0.39 is 223 Å². The maximum absolute atomic E-state index is 15.6. The molecule has 27 N–H and O–H groups in total. The number of aliphatic hydroxyl groups is 4. The van der Waals surface area contributed by atoms with Crippen molar-refractivity contribution in [1.82, 2.24) is 52.3 Å². The minimum absolute atomic E-state index is 0.0506. The third-order valence-corrected chi connectivity index (χ3v) is 20.2. The fourth-order valence-electron chi connectivity index (χ4n) is 13.1. The van der Waals surface area contributed by atoms with E-state index in [4.69, 9.17) is 49.6 Å². The molecule has 13 amide bonds. The van der Waals surface area contributed by atoms with Crippen LogP contribution in [0.4, 0.5) is 0 Å². The highest BCUT2D eigenvalue weighted by Crippen LogP contribution is 2.30. The monoisotopic (exact) mass is 1590 g/mol. The molecule has 0 spiro atoms. The van der Waals surface area contributed by atoms with Crippen LogP contribution < -0.4 is 82.7 Å². The topological polar surface area (TPSA) is 668 Å². The van der Waals surface area contributed by atoms with E-state index in [1.54, 1.807) is 20.8 Å². The van der Waals surface area contributed by atoms with Crippen molar-refractivity contribution in [3.63, 3.8) is 0 Å². The Morgan fingerprint density at radius 3 is 1.82 bits per heavy atom. The van der Waals surface area contributed by atoms with E-state index in [1.807, 2.05) is 13.8 Å². The molecule has 40 nitrogen and oxygen atoms in total. The van der Waals surface area contributed by atoms with Gasteiger partial charge in [-0.25, -0.2) is 4.79 Å². The van der Waals surface area contributed by atoms with E-state index in [2.05, 4.69) is 52.5 Å². The van der Waals surface area contributed by atoms with Crippen molar-refractivity contribution < 1.29 is 102 Å². The molecule has 112 heavy (non-hydrogen) atoms. The van der Waals surface area contributed by atoms with Crippen LogP contribution in [0.25, 0.3) is 0 Å². The molecule has 1 aromatic rings. The van der Waals surface area contributed by atoms with E-state index in [0.717, 1.165) is 30.1 Å². The Hall–Kier alpha value is -10.1. The van der Waals surface area contributed by atoms with Crippen LogP contribution in [0, 0.1) is 35.5 Å². The van der Waals surface area contributed by atoms with Crippen molar-refractivity contribution in [3.8, 4) is 5.75 Å². The lowest BCUT2D eigenvalue weighted by atomic mass is 9.85. The van der Waals surface area contributed by atoms with Crippen LogP contribution in [0.3, 0.4) is 0 Å². The number of ether oxygens (including phenoxy) is 2. The normalized spacial score (nSPS) is 23.4. The van der Waals surface area contributed by atoms with E-state index in [0.29, 0.717) is 6.42 Å². The maximum atomic E-state index is 15.6. The van der Waals surface area contributed by atoms with Crippen molar-refractivity contribution in [3.05, 3.63) is 29.8 Å². The quantitative estimate of drug-likeness (QED) is 0.0128. The van der Waals surface area contributed by atoms with Crippen LogP contribution in [-0.2, 0) is 76.6 Å². The number of carbonyl (C=O) groups excluding carboxylic acids is 14. The summed E-state index contributed by atoms with van der Waals surface area (Å²) >= 11 is 0. The number of primary amides is 3. The van der Waals surface area contributed by atoms with Crippen LogP contribution >= 0.6 is 0 Å². The number of esters is 1. The summed E-state index contributed by atoms with van der Waals surface area (Å²) in [6, 6.07) is -13.0. The first kappa shape index (κ1) is 96.1. The molecule has 0 saturated carbocycles. The molecule has 2 fully saturated rings. The molecule has 3 rings (SSSR count). The predicted molar refractivity (Wildman–Crippen MR) is 406 cm³/mol. The molecule has 12 unspecified atom stereocenters. The number of hydrogen-bond acceptors (Lipinski definition) is 23. The Bertz CT molecular complexity index is 3450. The number of nitrogens with one attached hydrogen (secondary N) is 8. The number of benzene rings is 1. The Morgan fingerprint density at radius 1 is 0.670 bits per heavy atom. The standard InChI is InChI=1S/C72H121N19O21/c1-13-34(4)31-35(5)55(96)38(8)60(100)84-45(32-50(74)95)62(102)82-43(18-16-27-80-71(76)77)56(97)57(98)67(107)86-51(36(6)37(7)59(75)99)64(104)88-53-40(10)112-70(110)48-20-14-15-29-91(48)69(109)54(58(111-12)41-21-23-42(93)24-22-41)89-63(103)47(25-26-49(73)94)90(11)68(108)46(30-33(2)3)85-61(101)44(19-17-28-81-72(78)79)83-65(105)52(39(9)92)87-66(53)106/h21-24,33-40,43-48,51-58,92-93,96-98H,13-20,25-32H2,1-12H3,(H2,73,94)(H2,74,95)(H2,75,99)(H,82,102)(H,83,105)(H,84,100)(H,85,101)(H,86,107)(H,87,106)(H,88,104)(H,89,103)(H4,76,77,80)(H4,78,79,81)/t34?,35?,36?,37?,38?,39-,40-,43?,44-,45+,46+,47+,48+,51?,52-,53-,54?,55?,56?,57?,58?/m1/s1. The second kappa shape index (κ2) is 46.1. The highest BCUT2D eigenvalue weighted by atomic mass is 16.5. The third kappa shape index (κ3) is 29.6. The second-order valence-corrected chi connectivity index (χ2v) is 29.6. The predicted octanol–water partition coefficient (Wildman–Crippen LogP) is -5.66. The van der Waals surface area contributed by atoms with Gasteiger partial charge in [0.2, 0.25) is 70.9 Å². The number of phenols is 1. The summed E-state index contributed by atoms with van der Waals surface area (Å²) < 4.78 is 11.9. The smallest absolute Gasteiger partial charge is 0.329 e. The van der Waals surface area contributed by atoms with Crippen molar-refractivity contribution >= 4 is 94.7 Å². The minimum Gasteiger partial charge on any atom is -0.508 e. The molecule has 40 heteroatoms. The van der Waals surface area contributed by atoms with Gasteiger partial charge in [-0.15, -0.1) is 0 Å². The molecule has 0 bridgehead atoms. The zero-order valence-electron chi connectivity index (χ0n) is 65.9. The molecule has 2 heterocycles. The number of guanidine groups is 2. The zero-order valence-corrected chi connectivity index (χ0v) is 65.9. The van der Waals surface area contributed by atoms with Gasteiger partial charge >= 0.3 is 5.97 Å². The summed E-state index contributed by atoms with van der Waals surface area (Å²) in [7, 11) is 2.40. The molecule has 0 radical (unpaired) electrons. The molecule has 2 saturated heterocycles. The third-order valence-electron chi connectivity index (χ3n) is 20.2. The van der Waals surface area contributed by atoms with Crippen LogP contribution in [-0.4, -0.2) is 255 Å². The average molecular weight is 1590 g/mol. The van der Waals surface area contributed by atoms with Gasteiger partial charge in [0.05, 0.1) is 30.6 Å². The number of carbonyl (C=O) groups is 14. The van der Waals surface area contributed by atoms with Crippen LogP contribution in [0.15, 0.2) is 34.3 Å². The number of phenolic OH excluding ortho intramolecular Hbond substituents is 1. The van der Waals surface area contributed by atoms with Crippen molar-refractivity contribution in [2.45, 2.75) is 250 Å². The van der Waals surface area contributed by atoms with E-state index in [1.165, 1.54) is 59.2 Å². The zero-order chi connectivity index (χ0) is 84.9. The van der Waals surface area contributed by atoms with Gasteiger partial charge in [0, 0.05) is 46.1 Å². The molecule has 2 aliphatic rings. The van der Waals surface area contributed by atoms with Crippen molar-refractivity contribution in [1.29, 1.82) is 0 Å². The highest BCUT2D eigenvalue weighted by Gasteiger charge is 2.47. The fourth-order valence-corrected chi connectivity index (χ4v) is 13.1. The van der Waals surface area contributed by atoms with Gasteiger partial charge in [0.1, 0.15) is 78.4 Å². The van der Waals surface area contributed by atoms with Gasteiger partial charge in [-0.3, -0.25) is 72.3 Å². The molecular formula is C72H121N19O21. The number of aromatic hydroxyl groups is 1. The SMILES string of the molecule is CCC(C)CC(C)C(O)C(C)C(=O)N[C@@H](CC(N)=O)C(=O)NC(CCCN=C(N)N)C(O)C(O)C(=O)NC(C(=O)N[C@H]1C(=O)N[C@H]([C@@H](C)O)C(=O)N[C@H](CCCN=C(N)N)C(=O)N[C@@H](CC(C)C)C(=O)N(C)[C@@H](CCC(N)=O)C(=O)NC(C(OC)c2ccc(O)cc2)C(=O)N2CCCC[C@H]2C(=O)O[C@@H]1C)C(C)C(C)C(N)=O. The first-order valence-electron chi connectivity index (χ1n) is 37.6. The number of piperidine rings is 1. The molecule has 0 aromatic heterocycles. The number of likely N-dealkylation sites (N-methyl/N-ethyl adjacent to an activating group) is 1. The van der Waals surface area contributed by atoms with Gasteiger partial charge < -0.3 is 127 Å². The number of hydrogen-bond donors (Lipinski definition) is 20. The Morgan fingerprint density at radius 2 is 1.27 bits per heavy atom. The molecule has 1 aromatic carbocycles. The lowest BCUT2D eigenvalue weighted by Gasteiger charge is -2.39. The lowest BCUT2D eigenvalue weighted by Crippen LogP contribution is -2.65. The summed E-state index contributed by atoms with van der Waals surface area (Å²) in [5.74, 6) is -21.7. The largest absolute Gasteiger partial charge is 0.508 e.